The van der Waals surface area contributed by atoms with E-state index in [1.54, 1.807) is 0 Å². The van der Waals surface area contributed by atoms with Gasteiger partial charge in [0.2, 0.25) is 0 Å². The standard InChI is InChI=1S/C14H16N2O2/c1-10-13(11-6-2-3-7-12(11)15-10)14(17)16-8-4-5-9-18-16/h2-3,6-7,15H,4-5,8-9H2,1H3. The zero-order chi connectivity index (χ0) is 12.5. The van der Waals surface area contributed by atoms with Crippen LogP contribution in [0.15, 0.2) is 24.3 Å². The van der Waals surface area contributed by atoms with Crippen LogP contribution in [0.2, 0.25) is 0 Å². The fraction of sp³-hybridized carbons (Fsp3) is 0.357. The van der Waals surface area contributed by atoms with Crippen LogP contribution in [0.4, 0.5) is 0 Å². The predicted octanol–water partition coefficient (Wildman–Crippen LogP) is 2.64. The number of nitrogens with one attached hydrogen (secondary N) is 1. The van der Waals surface area contributed by atoms with Gasteiger partial charge in [-0.2, -0.15) is 0 Å². The Labute approximate surface area is 105 Å². The van der Waals surface area contributed by atoms with Gasteiger partial charge < -0.3 is 4.98 Å². The van der Waals surface area contributed by atoms with Crippen molar-refractivity contribution in [3.63, 3.8) is 0 Å². The number of H-pyrrole nitrogens is 1. The van der Waals surface area contributed by atoms with Gasteiger partial charge in [0.25, 0.3) is 5.91 Å². The molecule has 2 aromatic rings. The maximum atomic E-state index is 12.5. The van der Waals surface area contributed by atoms with E-state index in [4.69, 9.17) is 4.84 Å². The highest BCUT2D eigenvalue weighted by molar-refractivity contribution is 6.07. The molecule has 1 aromatic heterocycles. The molecule has 1 aliphatic heterocycles. The molecule has 1 aliphatic rings. The van der Waals surface area contributed by atoms with Crippen molar-refractivity contribution in [2.75, 3.05) is 13.2 Å². The second kappa shape index (κ2) is 4.46. The summed E-state index contributed by atoms with van der Waals surface area (Å²) < 4.78 is 0. The van der Waals surface area contributed by atoms with Gasteiger partial charge in [-0.25, -0.2) is 5.06 Å². The van der Waals surface area contributed by atoms with Crippen LogP contribution >= 0.6 is 0 Å². The van der Waals surface area contributed by atoms with Gasteiger partial charge in [-0.05, 0) is 25.8 Å². The normalized spacial score (nSPS) is 16.2. The van der Waals surface area contributed by atoms with Crippen LogP contribution in [0, 0.1) is 6.92 Å². The van der Waals surface area contributed by atoms with Crippen LogP contribution in [0.3, 0.4) is 0 Å². The third kappa shape index (κ3) is 1.78. The topological polar surface area (TPSA) is 45.3 Å². The quantitative estimate of drug-likeness (QED) is 0.838. The molecule has 94 valence electrons. The molecular formula is C14H16N2O2. The average molecular weight is 244 g/mol. The van der Waals surface area contributed by atoms with Crippen molar-refractivity contribution in [2.45, 2.75) is 19.8 Å². The highest BCUT2D eigenvalue weighted by Crippen LogP contribution is 2.24. The van der Waals surface area contributed by atoms with E-state index in [2.05, 4.69) is 4.98 Å². The highest BCUT2D eigenvalue weighted by atomic mass is 16.7. The molecule has 0 saturated carbocycles. The molecule has 0 atom stereocenters. The van der Waals surface area contributed by atoms with E-state index >= 15 is 0 Å². The number of nitrogens with zero attached hydrogens (tertiary/aromatic N) is 1. The number of aryl methyl sites for hydroxylation is 1. The lowest BCUT2D eigenvalue weighted by Gasteiger charge is -2.25. The van der Waals surface area contributed by atoms with E-state index in [0.29, 0.717) is 13.2 Å². The van der Waals surface area contributed by atoms with Crippen LogP contribution in [0.5, 0.6) is 0 Å². The molecule has 0 unspecified atom stereocenters. The molecule has 0 radical (unpaired) electrons. The number of hydroxylamine groups is 2. The fourth-order valence-electron chi connectivity index (χ4n) is 2.43. The minimum absolute atomic E-state index is 0.0374. The Hall–Kier alpha value is -1.81. The van der Waals surface area contributed by atoms with Gasteiger partial charge in [0, 0.05) is 23.1 Å². The van der Waals surface area contributed by atoms with E-state index in [-0.39, 0.29) is 5.91 Å². The summed E-state index contributed by atoms with van der Waals surface area (Å²) in [5.74, 6) is -0.0374. The summed E-state index contributed by atoms with van der Waals surface area (Å²) in [5, 5.41) is 2.46. The Balaban J connectivity index is 2.02. The number of fused-ring (bicyclic) bond motifs is 1. The fourth-order valence-corrected chi connectivity index (χ4v) is 2.43. The molecule has 1 N–H and O–H groups in total. The van der Waals surface area contributed by atoms with Gasteiger partial charge in [0.05, 0.1) is 12.2 Å². The molecule has 1 fully saturated rings. The summed E-state index contributed by atoms with van der Waals surface area (Å²) >= 11 is 0. The summed E-state index contributed by atoms with van der Waals surface area (Å²) in [6.45, 7) is 3.24. The molecule has 4 nitrogen and oxygen atoms in total. The third-order valence-electron chi connectivity index (χ3n) is 3.34. The largest absolute Gasteiger partial charge is 0.358 e. The van der Waals surface area contributed by atoms with Crippen molar-refractivity contribution < 1.29 is 9.63 Å². The number of carbonyl (C=O) groups is 1. The molecule has 3 rings (SSSR count). The molecular weight excluding hydrogens is 228 g/mol. The second-order valence-electron chi connectivity index (χ2n) is 4.62. The zero-order valence-electron chi connectivity index (χ0n) is 10.4. The van der Waals surface area contributed by atoms with E-state index < -0.39 is 0 Å². The molecule has 4 heteroatoms. The SMILES string of the molecule is Cc1[nH]c2ccccc2c1C(=O)N1CCCCO1. The first kappa shape index (κ1) is 11.3. The minimum Gasteiger partial charge on any atom is -0.358 e. The van der Waals surface area contributed by atoms with Crippen LogP contribution in [0.25, 0.3) is 10.9 Å². The Kier molecular flexibility index (Phi) is 2.80. The number of hydrogen-bond donors (Lipinski definition) is 1. The summed E-state index contributed by atoms with van der Waals surface area (Å²) in [7, 11) is 0. The lowest BCUT2D eigenvalue weighted by Crippen LogP contribution is -2.35. The van der Waals surface area contributed by atoms with Gasteiger partial charge in [-0.15, -0.1) is 0 Å². The maximum absolute atomic E-state index is 12.5. The number of aromatic nitrogens is 1. The van der Waals surface area contributed by atoms with Crippen LogP contribution in [0.1, 0.15) is 28.9 Å². The Morgan fingerprint density at radius 3 is 2.94 bits per heavy atom. The number of amides is 1. The average Bonchev–Trinajstić information content (AvgIpc) is 2.75. The van der Waals surface area contributed by atoms with Gasteiger partial charge in [0.1, 0.15) is 0 Å². The molecule has 0 bridgehead atoms. The van der Waals surface area contributed by atoms with Gasteiger partial charge in [-0.3, -0.25) is 9.63 Å². The van der Waals surface area contributed by atoms with Gasteiger partial charge in [-0.1, -0.05) is 18.2 Å². The molecule has 1 saturated heterocycles. The summed E-state index contributed by atoms with van der Waals surface area (Å²) in [6.07, 6.45) is 2.03. The van der Waals surface area contributed by atoms with Crippen molar-refractivity contribution in [1.82, 2.24) is 10.0 Å². The van der Waals surface area contributed by atoms with E-state index in [1.807, 2.05) is 31.2 Å². The molecule has 2 heterocycles. The Morgan fingerprint density at radius 1 is 1.33 bits per heavy atom. The second-order valence-corrected chi connectivity index (χ2v) is 4.62. The van der Waals surface area contributed by atoms with Crippen molar-refractivity contribution in [1.29, 1.82) is 0 Å². The lowest BCUT2D eigenvalue weighted by molar-refractivity contribution is -0.144. The van der Waals surface area contributed by atoms with E-state index in [1.165, 1.54) is 5.06 Å². The number of carbonyl (C=O) groups excluding carboxylic acids is 1. The van der Waals surface area contributed by atoms with Crippen molar-refractivity contribution in [2.24, 2.45) is 0 Å². The van der Waals surface area contributed by atoms with Crippen LogP contribution in [-0.2, 0) is 4.84 Å². The number of hydrogen-bond acceptors (Lipinski definition) is 2. The Morgan fingerprint density at radius 2 is 2.17 bits per heavy atom. The molecule has 18 heavy (non-hydrogen) atoms. The number of rotatable bonds is 1. The molecule has 0 aliphatic carbocycles. The van der Waals surface area contributed by atoms with Gasteiger partial charge >= 0.3 is 0 Å². The van der Waals surface area contributed by atoms with E-state index in [0.717, 1.165) is 35.0 Å². The zero-order valence-corrected chi connectivity index (χ0v) is 10.4. The number of aromatic amines is 1. The summed E-state index contributed by atoms with van der Waals surface area (Å²) in [5.41, 5.74) is 2.62. The number of para-hydroxylation sites is 1. The predicted molar refractivity (Wildman–Crippen MR) is 69.3 cm³/mol. The lowest BCUT2D eigenvalue weighted by atomic mass is 10.1. The summed E-state index contributed by atoms with van der Waals surface area (Å²) in [4.78, 5) is 21.2. The van der Waals surface area contributed by atoms with Crippen molar-refractivity contribution in [3.8, 4) is 0 Å². The van der Waals surface area contributed by atoms with E-state index in [9.17, 15) is 4.79 Å². The minimum atomic E-state index is -0.0374. The first-order valence-electron chi connectivity index (χ1n) is 6.29. The third-order valence-corrected chi connectivity index (χ3v) is 3.34. The Bertz CT molecular complexity index is 582. The first-order valence-corrected chi connectivity index (χ1v) is 6.29. The first-order chi connectivity index (χ1) is 8.77. The molecule has 1 amide bonds. The van der Waals surface area contributed by atoms with Gasteiger partial charge in [0.15, 0.2) is 0 Å². The van der Waals surface area contributed by atoms with Crippen molar-refractivity contribution in [3.05, 3.63) is 35.5 Å². The maximum Gasteiger partial charge on any atom is 0.279 e. The molecule has 1 aromatic carbocycles. The monoisotopic (exact) mass is 244 g/mol. The number of benzene rings is 1. The smallest absolute Gasteiger partial charge is 0.279 e. The van der Waals surface area contributed by atoms with Crippen LogP contribution in [-0.4, -0.2) is 29.1 Å². The molecule has 0 spiro atoms. The highest BCUT2D eigenvalue weighted by Gasteiger charge is 2.24. The summed E-state index contributed by atoms with van der Waals surface area (Å²) in [6, 6.07) is 7.86. The van der Waals surface area contributed by atoms with Crippen molar-refractivity contribution >= 4 is 16.8 Å². The van der Waals surface area contributed by atoms with Crippen LogP contribution < -0.4 is 0 Å².